The Morgan fingerprint density at radius 2 is 1.90 bits per heavy atom. The standard InChI is InChI=1S/C30H22N8O3/c1-18(34-29(40)25-26(31)36-37-16-6-14-33-28(25)37)27-35-22-10-5-7-20(12-11-19-13-15-32-23(39)17-19)24(22)30(41)38(27)21-8-3-2-4-9-21/h2-10,13-18H,1H3,(H4,31,32,34,36,39,40)/p+1. The van der Waals surface area contributed by atoms with Crippen molar-refractivity contribution in [3.8, 4) is 17.5 Å². The Balaban J connectivity index is 1.48. The van der Waals surface area contributed by atoms with E-state index in [0.717, 1.165) is 0 Å². The zero-order valence-electron chi connectivity index (χ0n) is 21.8. The quantitative estimate of drug-likeness (QED) is 0.197. The number of benzene rings is 2. The van der Waals surface area contributed by atoms with Gasteiger partial charge >= 0.3 is 5.65 Å². The fourth-order valence-electron chi connectivity index (χ4n) is 4.64. The topological polar surface area (TPSA) is 156 Å². The summed E-state index contributed by atoms with van der Waals surface area (Å²) in [5, 5.41) is 6.14. The predicted molar refractivity (Wildman–Crippen MR) is 152 cm³/mol. The maximum Gasteiger partial charge on any atom is 0.362 e. The van der Waals surface area contributed by atoms with Gasteiger partial charge in [0.05, 0.1) is 22.6 Å². The molecule has 5 N–H and O–H groups in total. The summed E-state index contributed by atoms with van der Waals surface area (Å²) in [5.41, 5.74) is 8.00. The van der Waals surface area contributed by atoms with Crippen LogP contribution in [0.1, 0.15) is 40.3 Å². The predicted octanol–water partition coefficient (Wildman–Crippen LogP) is 2.01. The first-order valence-corrected chi connectivity index (χ1v) is 12.7. The summed E-state index contributed by atoms with van der Waals surface area (Å²) in [6, 6.07) is 18.3. The molecule has 0 saturated carbocycles. The number of nitrogens with one attached hydrogen (secondary N) is 3. The van der Waals surface area contributed by atoms with Crippen molar-refractivity contribution in [1.29, 1.82) is 0 Å². The highest BCUT2D eigenvalue weighted by Crippen LogP contribution is 2.21. The third kappa shape index (κ3) is 4.70. The first-order valence-electron chi connectivity index (χ1n) is 12.7. The second kappa shape index (κ2) is 10.3. The van der Waals surface area contributed by atoms with Crippen LogP contribution in [0.5, 0.6) is 0 Å². The number of aromatic amines is 2. The molecule has 0 fully saturated rings. The molecular weight excluding hydrogens is 520 g/mol. The summed E-state index contributed by atoms with van der Waals surface area (Å²) < 4.78 is 3.02. The van der Waals surface area contributed by atoms with Crippen molar-refractivity contribution in [3.05, 3.63) is 129 Å². The molecule has 0 radical (unpaired) electrons. The molecule has 1 unspecified atom stereocenters. The molecule has 0 aliphatic heterocycles. The third-order valence-electron chi connectivity index (χ3n) is 6.50. The lowest BCUT2D eigenvalue weighted by atomic mass is 10.1. The zero-order chi connectivity index (χ0) is 28.5. The van der Waals surface area contributed by atoms with Crippen molar-refractivity contribution in [1.82, 2.24) is 29.9 Å². The van der Waals surface area contributed by atoms with Gasteiger partial charge in [0.15, 0.2) is 11.4 Å². The molecule has 0 spiro atoms. The number of carbonyl (C=O) groups excluding carboxylic acids is 1. The van der Waals surface area contributed by atoms with E-state index in [2.05, 4.69) is 32.2 Å². The van der Waals surface area contributed by atoms with Crippen LogP contribution >= 0.6 is 0 Å². The number of nitrogens with zero attached hydrogens (tertiary/aromatic N) is 4. The van der Waals surface area contributed by atoms with Gasteiger partial charge in [-0.2, -0.15) is 0 Å². The van der Waals surface area contributed by atoms with Crippen LogP contribution in [0.2, 0.25) is 0 Å². The van der Waals surface area contributed by atoms with Crippen LogP contribution in [0.3, 0.4) is 0 Å². The number of hydrogen-bond donors (Lipinski definition) is 4. The summed E-state index contributed by atoms with van der Waals surface area (Å²) in [6.07, 6.45) is 4.78. The number of rotatable bonds is 4. The van der Waals surface area contributed by atoms with E-state index in [9.17, 15) is 14.4 Å². The van der Waals surface area contributed by atoms with Crippen molar-refractivity contribution in [3.63, 3.8) is 0 Å². The summed E-state index contributed by atoms with van der Waals surface area (Å²) in [7, 11) is 0. The number of fused-ring (bicyclic) bond motifs is 2. The van der Waals surface area contributed by atoms with Gasteiger partial charge in [0.2, 0.25) is 5.56 Å². The fourth-order valence-corrected chi connectivity index (χ4v) is 4.64. The van der Waals surface area contributed by atoms with E-state index >= 15 is 0 Å². The summed E-state index contributed by atoms with van der Waals surface area (Å²) in [6.45, 7) is 1.74. The molecule has 4 heterocycles. The van der Waals surface area contributed by atoms with Gasteiger partial charge in [0, 0.05) is 29.5 Å². The fraction of sp³-hybridized carbons (Fsp3) is 0.0667. The van der Waals surface area contributed by atoms with E-state index < -0.39 is 11.9 Å². The third-order valence-corrected chi connectivity index (χ3v) is 6.50. The second-order valence-corrected chi connectivity index (χ2v) is 9.25. The van der Waals surface area contributed by atoms with Gasteiger partial charge in [-0.05, 0) is 42.2 Å². The van der Waals surface area contributed by atoms with Crippen LogP contribution in [-0.2, 0) is 0 Å². The molecule has 11 heteroatoms. The molecule has 6 aromatic rings. The lowest BCUT2D eigenvalue weighted by Crippen LogP contribution is -2.34. The number of nitrogens with two attached hydrogens (primary N) is 1. The van der Waals surface area contributed by atoms with Crippen LogP contribution in [-0.4, -0.2) is 30.5 Å². The molecule has 0 bridgehead atoms. The maximum atomic E-state index is 14.1. The smallest absolute Gasteiger partial charge is 0.362 e. The van der Waals surface area contributed by atoms with E-state index in [1.54, 1.807) is 66.3 Å². The van der Waals surface area contributed by atoms with Gasteiger partial charge in [-0.15, -0.1) is 4.52 Å². The van der Waals surface area contributed by atoms with E-state index in [1.165, 1.54) is 16.8 Å². The molecule has 4 aromatic heterocycles. The lowest BCUT2D eigenvalue weighted by Gasteiger charge is -2.19. The zero-order valence-corrected chi connectivity index (χ0v) is 21.8. The SMILES string of the molecule is CC(NC(=O)c1c(N)[nH][n+]2cccnc12)c1nc2cccc(C#Cc3cc[nH]c(=O)c3)c2c(=O)n1-c1ccccc1. The van der Waals surface area contributed by atoms with Gasteiger partial charge < -0.3 is 16.0 Å². The van der Waals surface area contributed by atoms with Crippen molar-refractivity contribution in [2.75, 3.05) is 5.73 Å². The Morgan fingerprint density at radius 1 is 1.07 bits per heavy atom. The summed E-state index contributed by atoms with van der Waals surface area (Å²) in [5.74, 6) is 5.98. The molecule has 2 aromatic carbocycles. The average molecular weight is 544 g/mol. The monoisotopic (exact) mass is 543 g/mol. The summed E-state index contributed by atoms with van der Waals surface area (Å²) in [4.78, 5) is 50.9. The number of aromatic nitrogens is 6. The van der Waals surface area contributed by atoms with Crippen LogP contribution in [0, 0.1) is 11.8 Å². The highest BCUT2D eigenvalue weighted by Gasteiger charge is 2.27. The Morgan fingerprint density at radius 3 is 2.71 bits per heavy atom. The number of nitrogen functional groups attached to an aromatic ring is 1. The highest BCUT2D eigenvalue weighted by atomic mass is 16.2. The normalized spacial score (nSPS) is 11.6. The molecule has 41 heavy (non-hydrogen) atoms. The first kappa shape index (κ1) is 25.3. The second-order valence-electron chi connectivity index (χ2n) is 9.25. The number of H-pyrrole nitrogens is 2. The first-order chi connectivity index (χ1) is 19.9. The molecule has 6 rings (SSSR count). The van der Waals surface area contributed by atoms with Crippen LogP contribution in [0.4, 0.5) is 5.82 Å². The van der Waals surface area contributed by atoms with E-state index in [4.69, 9.17) is 10.7 Å². The molecule has 1 amide bonds. The Kier molecular flexibility index (Phi) is 6.33. The Hall–Kier alpha value is -6.02. The Bertz CT molecular complexity index is 2140. The van der Waals surface area contributed by atoms with Crippen LogP contribution in [0.15, 0.2) is 94.9 Å². The van der Waals surface area contributed by atoms with Crippen molar-refractivity contribution in [2.45, 2.75) is 13.0 Å². The van der Waals surface area contributed by atoms with Gasteiger partial charge in [0.1, 0.15) is 18.2 Å². The Labute approximate surface area is 232 Å². The van der Waals surface area contributed by atoms with Gasteiger partial charge in [-0.1, -0.05) is 36.1 Å². The van der Waals surface area contributed by atoms with Crippen LogP contribution in [0.25, 0.3) is 22.2 Å². The molecule has 0 saturated heterocycles. The number of pyridine rings is 1. The minimum Gasteiger partial charge on any atom is -0.382 e. The number of carbonyl (C=O) groups is 1. The lowest BCUT2D eigenvalue weighted by molar-refractivity contribution is -0.577. The number of amides is 1. The number of hydrogen-bond acceptors (Lipinski definition) is 6. The molecular formula is C30H23N8O3+. The number of anilines is 1. The maximum absolute atomic E-state index is 14.1. The average Bonchev–Trinajstić information content (AvgIpc) is 3.32. The summed E-state index contributed by atoms with van der Waals surface area (Å²) >= 11 is 0. The van der Waals surface area contributed by atoms with Crippen molar-refractivity contribution >= 4 is 28.3 Å². The molecule has 0 aliphatic carbocycles. The van der Waals surface area contributed by atoms with Crippen LogP contribution < -0.4 is 26.7 Å². The molecule has 11 nitrogen and oxygen atoms in total. The largest absolute Gasteiger partial charge is 0.382 e. The molecule has 200 valence electrons. The van der Waals surface area contributed by atoms with E-state index in [0.29, 0.717) is 39.2 Å². The van der Waals surface area contributed by atoms with Gasteiger partial charge in [0.25, 0.3) is 11.5 Å². The highest BCUT2D eigenvalue weighted by molar-refractivity contribution is 6.03. The van der Waals surface area contributed by atoms with E-state index in [-0.39, 0.29) is 22.5 Å². The van der Waals surface area contributed by atoms with E-state index in [1.807, 2.05) is 18.2 Å². The molecule has 0 aliphatic rings. The minimum atomic E-state index is -0.705. The molecule has 1 atom stereocenters. The van der Waals surface area contributed by atoms with Gasteiger partial charge in [-0.25, -0.2) is 10.1 Å². The van der Waals surface area contributed by atoms with Gasteiger partial charge in [-0.3, -0.25) is 19.0 Å². The number of para-hydroxylation sites is 1. The van der Waals surface area contributed by atoms with Crippen molar-refractivity contribution < 1.29 is 9.31 Å². The van der Waals surface area contributed by atoms with Crippen molar-refractivity contribution in [2.24, 2.45) is 0 Å². The minimum absolute atomic E-state index is 0.156.